The number of rotatable bonds is 5. The van der Waals surface area contributed by atoms with Gasteiger partial charge in [-0.1, -0.05) is 0 Å². The van der Waals surface area contributed by atoms with Crippen molar-refractivity contribution >= 4 is 5.91 Å². The van der Waals surface area contributed by atoms with Crippen molar-refractivity contribution in [2.45, 2.75) is 31.7 Å². The monoisotopic (exact) mass is 300 g/mol. The number of hydrogen-bond acceptors (Lipinski definition) is 5. The molecule has 1 aliphatic carbocycles. The fraction of sp³-hybridized carbons (Fsp3) is 0.467. The molecule has 1 fully saturated rings. The van der Waals surface area contributed by atoms with Gasteiger partial charge in [0.2, 0.25) is 5.91 Å². The number of H-pyrrole nitrogens is 1. The normalized spacial score (nSPS) is 21.0. The molecule has 7 heteroatoms. The molecule has 0 bridgehead atoms. The van der Waals surface area contributed by atoms with Gasteiger partial charge in [0.25, 0.3) is 0 Å². The third kappa shape index (κ3) is 3.48. The van der Waals surface area contributed by atoms with Crippen molar-refractivity contribution in [2.24, 2.45) is 11.7 Å². The van der Waals surface area contributed by atoms with Crippen LogP contribution in [0.15, 0.2) is 24.5 Å². The van der Waals surface area contributed by atoms with E-state index in [2.05, 4.69) is 25.5 Å². The highest BCUT2D eigenvalue weighted by Gasteiger charge is 2.27. The number of aromatic nitrogens is 4. The lowest BCUT2D eigenvalue weighted by Crippen LogP contribution is -2.32. The first-order valence-corrected chi connectivity index (χ1v) is 7.57. The molecule has 0 aliphatic heterocycles. The minimum Gasteiger partial charge on any atom is -0.355 e. The maximum Gasteiger partial charge on any atom is 0.223 e. The maximum atomic E-state index is 12.0. The number of nitrogens with one attached hydrogen (secondary N) is 2. The van der Waals surface area contributed by atoms with E-state index < -0.39 is 0 Å². The summed E-state index contributed by atoms with van der Waals surface area (Å²) in [6.45, 7) is 0.548. The molecule has 3 rings (SSSR count). The molecule has 2 atom stereocenters. The Bertz CT molecular complexity index is 626. The summed E-state index contributed by atoms with van der Waals surface area (Å²) in [6, 6.07) is 3.93. The summed E-state index contributed by atoms with van der Waals surface area (Å²) < 4.78 is 0. The van der Waals surface area contributed by atoms with Crippen LogP contribution in [0, 0.1) is 5.92 Å². The van der Waals surface area contributed by atoms with Gasteiger partial charge < -0.3 is 11.1 Å². The highest BCUT2D eigenvalue weighted by molar-refractivity contribution is 5.79. The number of amides is 1. The van der Waals surface area contributed by atoms with Crippen molar-refractivity contribution in [1.29, 1.82) is 0 Å². The lowest BCUT2D eigenvalue weighted by Gasteiger charge is -2.09. The zero-order valence-corrected chi connectivity index (χ0v) is 12.3. The molecule has 2 aromatic rings. The fourth-order valence-electron chi connectivity index (χ4n) is 2.73. The zero-order chi connectivity index (χ0) is 15.4. The molecule has 7 nitrogen and oxygen atoms in total. The predicted molar refractivity (Wildman–Crippen MR) is 81.6 cm³/mol. The van der Waals surface area contributed by atoms with Gasteiger partial charge in [-0.2, -0.15) is 5.10 Å². The van der Waals surface area contributed by atoms with Crippen molar-refractivity contribution in [3.05, 3.63) is 30.4 Å². The molecule has 116 valence electrons. The van der Waals surface area contributed by atoms with Crippen molar-refractivity contribution in [3.63, 3.8) is 0 Å². The van der Waals surface area contributed by atoms with E-state index in [-0.39, 0.29) is 17.9 Å². The van der Waals surface area contributed by atoms with E-state index in [9.17, 15) is 4.79 Å². The third-order valence-corrected chi connectivity index (χ3v) is 3.96. The van der Waals surface area contributed by atoms with Crippen LogP contribution in [0.1, 0.15) is 25.1 Å². The molecule has 2 aromatic heterocycles. The molecule has 1 amide bonds. The van der Waals surface area contributed by atoms with Gasteiger partial charge >= 0.3 is 0 Å². The van der Waals surface area contributed by atoms with Crippen LogP contribution in [0.2, 0.25) is 0 Å². The highest BCUT2D eigenvalue weighted by atomic mass is 16.1. The topological polar surface area (TPSA) is 110 Å². The summed E-state index contributed by atoms with van der Waals surface area (Å²) in [6.07, 6.45) is 6.67. The lowest BCUT2D eigenvalue weighted by atomic mass is 10.1. The average Bonchev–Trinajstić information content (AvgIpc) is 3.17. The van der Waals surface area contributed by atoms with Crippen LogP contribution in [0.25, 0.3) is 11.4 Å². The molecule has 4 N–H and O–H groups in total. The highest BCUT2D eigenvalue weighted by Crippen LogP contribution is 2.23. The number of pyridine rings is 1. The van der Waals surface area contributed by atoms with E-state index in [1.54, 1.807) is 12.4 Å². The molecule has 1 aliphatic rings. The molecule has 1 saturated carbocycles. The molecule has 2 heterocycles. The zero-order valence-electron chi connectivity index (χ0n) is 12.3. The van der Waals surface area contributed by atoms with E-state index in [0.29, 0.717) is 18.8 Å². The summed E-state index contributed by atoms with van der Waals surface area (Å²) in [5.74, 6) is 1.54. The Morgan fingerprint density at radius 2 is 2.36 bits per heavy atom. The van der Waals surface area contributed by atoms with Gasteiger partial charge in [0.05, 0.1) is 0 Å². The second-order valence-electron chi connectivity index (χ2n) is 5.66. The second-order valence-corrected chi connectivity index (χ2v) is 5.66. The fourth-order valence-corrected chi connectivity index (χ4v) is 2.73. The minimum absolute atomic E-state index is 0.0654. The Morgan fingerprint density at radius 1 is 1.45 bits per heavy atom. The Labute approximate surface area is 128 Å². The van der Waals surface area contributed by atoms with E-state index in [1.807, 2.05) is 12.1 Å². The van der Waals surface area contributed by atoms with Gasteiger partial charge in [-0.25, -0.2) is 4.98 Å². The number of aromatic amines is 1. The molecule has 0 spiro atoms. The van der Waals surface area contributed by atoms with E-state index in [0.717, 1.165) is 30.7 Å². The van der Waals surface area contributed by atoms with Gasteiger partial charge in [-0.05, 0) is 31.4 Å². The first-order chi connectivity index (χ1) is 10.7. The van der Waals surface area contributed by atoms with Crippen molar-refractivity contribution in [3.8, 4) is 11.4 Å². The summed E-state index contributed by atoms with van der Waals surface area (Å²) in [4.78, 5) is 20.4. The largest absolute Gasteiger partial charge is 0.355 e. The first-order valence-electron chi connectivity index (χ1n) is 7.57. The Hall–Kier alpha value is -2.28. The first kappa shape index (κ1) is 14.6. The molecular formula is C15H20N6O. The van der Waals surface area contributed by atoms with Crippen LogP contribution in [-0.2, 0) is 11.2 Å². The number of carbonyl (C=O) groups excluding carboxylic acids is 1. The van der Waals surface area contributed by atoms with Crippen LogP contribution >= 0.6 is 0 Å². The lowest BCUT2D eigenvalue weighted by molar-refractivity contribution is -0.124. The van der Waals surface area contributed by atoms with Gasteiger partial charge in [0.15, 0.2) is 5.82 Å². The maximum absolute atomic E-state index is 12.0. The Kier molecular flexibility index (Phi) is 4.43. The van der Waals surface area contributed by atoms with Crippen LogP contribution in [-0.4, -0.2) is 38.7 Å². The number of nitrogens with zero attached hydrogens (tertiary/aromatic N) is 3. The summed E-state index contributed by atoms with van der Waals surface area (Å²) >= 11 is 0. The average molecular weight is 300 g/mol. The van der Waals surface area contributed by atoms with E-state index in [4.69, 9.17) is 5.73 Å². The molecular weight excluding hydrogens is 280 g/mol. The van der Waals surface area contributed by atoms with E-state index >= 15 is 0 Å². The van der Waals surface area contributed by atoms with Crippen molar-refractivity contribution in [1.82, 2.24) is 25.5 Å². The second kappa shape index (κ2) is 6.65. The smallest absolute Gasteiger partial charge is 0.223 e. The molecule has 0 unspecified atom stereocenters. The number of hydrogen-bond donors (Lipinski definition) is 3. The van der Waals surface area contributed by atoms with E-state index in [1.165, 1.54) is 0 Å². The summed E-state index contributed by atoms with van der Waals surface area (Å²) in [5.41, 5.74) is 6.70. The minimum atomic E-state index is 0.0654. The summed E-state index contributed by atoms with van der Waals surface area (Å²) in [5, 5.41) is 10.0. The Morgan fingerprint density at radius 3 is 3.09 bits per heavy atom. The van der Waals surface area contributed by atoms with Crippen LogP contribution in [0.3, 0.4) is 0 Å². The predicted octanol–water partition coefficient (Wildman–Crippen LogP) is 0.653. The number of nitrogens with two attached hydrogens (primary N) is 1. The van der Waals surface area contributed by atoms with Crippen LogP contribution in [0.4, 0.5) is 0 Å². The third-order valence-electron chi connectivity index (χ3n) is 3.96. The van der Waals surface area contributed by atoms with Gasteiger partial charge in [0, 0.05) is 42.9 Å². The van der Waals surface area contributed by atoms with Crippen molar-refractivity contribution in [2.75, 3.05) is 6.54 Å². The quantitative estimate of drug-likeness (QED) is 0.751. The molecule has 22 heavy (non-hydrogen) atoms. The van der Waals surface area contributed by atoms with Gasteiger partial charge in [-0.3, -0.25) is 14.9 Å². The van der Waals surface area contributed by atoms with Crippen molar-refractivity contribution < 1.29 is 4.79 Å². The van der Waals surface area contributed by atoms with Gasteiger partial charge in [-0.15, -0.1) is 0 Å². The number of carbonyl (C=O) groups is 1. The van der Waals surface area contributed by atoms with Crippen LogP contribution in [0.5, 0.6) is 0 Å². The summed E-state index contributed by atoms with van der Waals surface area (Å²) in [7, 11) is 0. The molecule has 0 aromatic carbocycles. The van der Waals surface area contributed by atoms with Gasteiger partial charge in [0.1, 0.15) is 5.82 Å². The molecule has 0 saturated heterocycles. The Balaban J connectivity index is 1.48. The molecule has 0 radical (unpaired) electrons. The standard InChI is InChI=1S/C15H20N6O/c16-12-4-3-10(8-12)15(22)18-7-5-13-19-14(21-20-13)11-2-1-6-17-9-11/h1-2,6,9-10,12H,3-5,7-8,16H2,(H,18,22)(H,19,20,21)/t10-,12+/m0/s1. The van der Waals surface area contributed by atoms with Crippen LogP contribution < -0.4 is 11.1 Å². The SMILES string of the molecule is N[C@@H]1CC[C@H](C(=O)NCCc2nc(-c3cccnc3)n[nH]2)C1.